The SMILES string of the molecule is CCCCCCCCNC(=O)Oc1cc(O)c2c(c1)[C@@H](C(=O)CC1C3CC4CC(C3)CC1C4)NC(=O)[C@@H]1NC(=O)[C@H](CC(=O)C3NC(=O)[C@H](CC(N)=O)CC(=O)[C@H](NC(=O)[C@H](N)CC(C)C)[C@H](O)c4ccc(c(Cl)c4)Oc4cc3cc(c4OC3OC(CO)C(O)C(O)C3OC3CC(C)(N)C(O)C(C)O3)Oc3ccc(cc3Cl)[C@H]1O)c1ccc(O)c-2c1. The Bertz CT molecular complexity index is 4720. The number of carbonyl (C=O) groups is 9. The lowest BCUT2D eigenvalue weighted by atomic mass is 9.51. The van der Waals surface area contributed by atoms with Crippen molar-refractivity contribution in [2.24, 2.45) is 58.6 Å². The van der Waals surface area contributed by atoms with E-state index in [1.54, 1.807) is 13.8 Å². The van der Waals surface area contributed by atoms with Crippen molar-refractivity contribution in [1.82, 2.24) is 26.6 Å². The highest BCUT2D eigenvalue weighted by Gasteiger charge is 2.53. The highest BCUT2D eigenvalue weighted by molar-refractivity contribution is 6.32. The first-order chi connectivity index (χ1) is 57.5. The molecule has 0 spiro atoms. The normalized spacial score (nSPS) is 31.1. The van der Waals surface area contributed by atoms with E-state index in [0.717, 1.165) is 88.5 Å². The van der Waals surface area contributed by atoms with Crippen molar-refractivity contribution >= 4 is 76.2 Å². The Hall–Kier alpha value is -9.13. The van der Waals surface area contributed by atoms with Crippen LogP contribution in [0.3, 0.4) is 0 Å². The van der Waals surface area contributed by atoms with Gasteiger partial charge in [-0.05, 0) is 177 Å². The number of nitrogens with one attached hydrogen (secondary N) is 5. The number of fused-ring (bicyclic) bond motifs is 15. The summed E-state index contributed by atoms with van der Waals surface area (Å²) in [7, 11) is 0. The van der Waals surface area contributed by atoms with Gasteiger partial charge in [0, 0.05) is 61.4 Å². The topological polar surface area (TPSA) is 518 Å². The molecule has 4 aliphatic carbocycles. The lowest BCUT2D eigenvalue weighted by Gasteiger charge is -2.54. The summed E-state index contributed by atoms with van der Waals surface area (Å²) in [6.07, 6.45) is -11.2. The fourth-order valence-electron chi connectivity index (χ4n) is 18.9. The van der Waals surface area contributed by atoms with E-state index >= 15 is 28.8 Å². The first-order valence-corrected chi connectivity index (χ1v) is 42.4. The maximum atomic E-state index is 16.6. The molecule has 15 bridgehead atoms. The van der Waals surface area contributed by atoms with E-state index in [1.165, 1.54) is 68.4 Å². The number of hydrogen-bond acceptors (Lipinski definition) is 26. The smallest absolute Gasteiger partial charge is 0.412 e. The predicted octanol–water partition coefficient (Wildman–Crippen LogP) is 7.51. The molecule has 7 heterocycles. The number of rotatable bonds is 22. The third kappa shape index (κ3) is 20.1. The summed E-state index contributed by atoms with van der Waals surface area (Å²) in [5, 5.41) is 109. The van der Waals surface area contributed by atoms with E-state index in [4.69, 9.17) is 73.6 Å². The molecule has 18 atom stereocenters. The van der Waals surface area contributed by atoms with Gasteiger partial charge < -0.3 is 118 Å². The number of hydrogen-bond donors (Lipinski definition) is 16. The molecule has 2 saturated heterocycles. The van der Waals surface area contributed by atoms with Gasteiger partial charge in [0.15, 0.2) is 41.2 Å². The number of Topliss-reactive ketones (excluding diaryl/α,β-unsaturated/α-hetero) is 3. The maximum Gasteiger partial charge on any atom is 0.412 e. The number of ketones is 3. The van der Waals surface area contributed by atoms with Crippen LogP contribution in [0.2, 0.25) is 10.0 Å². The minimum absolute atomic E-state index is 0.0993. The molecular weight excluding hydrogens is 1610 g/mol. The summed E-state index contributed by atoms with van der Waals surface area (Å²) in [5.74, 6) is -15.3. The van der Waals surface area contributed by atoms with Gasteiger partial charge in [0.2, 0.25) is 41.6 Å². The molecule has 32 nitrogen and oxygen atoms in total. The number of amides is 6. The highest BCUT2D eigenvalue weighted by Crippen LogP contribution is 2.59. The van der Waals surface area contributed by atoms with Crippen molar-refractivity contribution in [2.75, 3.05) is 13.2 Å². The quantitative estimate of drug-likeness (QED) is 0.0298. The molecule has 6 amide bonds. The molecule has 5 aromatic rings. The Kier molecular flexibility index (Phi) is 28.1. The van der Waals surface area contributed by atoms with E-state index in [9.17, 15) is 55.2 Å². The Labute approximate surface area is 708 Å². The molecule has 10 unspecified atom stereocenters. The molecule has 0 aromatic heterocycles. The fourth-order valence-corrected chi connectivity index (χ4v) is 19.3. The second-order valence-electron chi connectivity index (χ2n) is 34.6. The predicted molar refractivity (Wildman–Crippen MR) is 435 cm³/mol. The molecule has 5 aromatic carbocycles. The van der Waals surface area contributed by atoms with Gasteiger partial charge in [-0.25, -0.2) is 4.79 Å². The number of ether oxygens (including phenoxy) is 7. The average molecular weight is 1720 g/mol. The van der Waals surface area contributed by atoms with E-state index < -0.39 is 217 Å². The third-order valence-corrected chi connectivity index (χ3v) is 25.6. The average Bonchev–Trinajstić information content (AvgIpc) is 0.756. The van der Waals surface area contributed by atoms with Crippen molar-refractivity contribution in [3.63, 3.8) is 0 Å². The number of aromatic hydroxyl groups is 2. The second kappa shape index (κ2) is 37.9. The van der Waals surface area contributed by atoms with Crippen LogP contribution in [0.1, 0.15) is 202 Å². The molecule has 654 valence electrons. The van der Waals surface area contributed by atoms with E-state index in [2.05, 4.69) is 33.5 Å². The number of nitrogens with two attached hydrogens (primary N) is 3. The number of carbonyl (C=O) groups excluding carboxylic acids is 9. The minimum Gasteiger partial charge on any atom is -0.507 e. The molecule has 16 rings (SSSR count). The summed E-state index contributed by atoms with van der Waals surface area (Å²) < 4.78 is 44.9. The lowest BCUT2D eigenvalue weighted by Crippen LogP contribution is -2.64. The van der Waals surface area contributed by atoms with Crippen LogP contribution in [0, 0.1) is 41.4 Å². The van der Waals surface area contributed by atoms with Gasteiger partial charge in [0.1, 0.15) is 83.4 Å². The van der Waals surface area contributed by atoms with Gasteiger partial charge in [-0.3, -0.25) is 38.4 Å². The number of phenolic OH excluding ortho intramolecular Hbond substituents is 2. The van der Waals surface area contributed by atoms with Crippen LogP contribution in [-0.4, -0.2) is 180 Å². The van der Waals surface area contributed by atoms with Crippen LogP contribution in [0.4, 0.5) is 4.79 Å². The Morgan fingerprint density at radius 2 is 1.33 bits per heavy atom. The van der Waals surface area contributed by atoms with Gasteiger partial charge in [-0.15, -0.1) is 0 Å². The van der Waals surface area contributed by atoms with Crippen molar-refractivity contribution in [3.05, 3.63) is 117 Å². The summed E-state index contributed by atoms with van der Waals surface area (Å²) in [4.78, 5) is 137. The van der Waals surface area contributed by atoms with Gasteiger partial charge in [-0.2, -0.15) is 0 Å². The van der Waals surface area contributed by atoms with Crippen molar-refractivity contribution in [3.8, 4) is 57.1 Å². The van der Waals surface area contributed by atoms with E-state index in [-0.39, 0.29) is 116 Å². The Morgan fingerprint density at radius 1 is 0.694 bits per heavy atom. The molecule has 121 heavy (non-hydrogen) atoms. The van der Waals surface area contributed by atoms with Crippen LogP contribution in [0.15, 0.2) is 78.9 Å². The maximum absolute atomic E-state index is 16.6. The zero-order valence-electron chi connectivity index (χ0n) is 67.8. The molecular formula is C87H108Cl2N8O24. The molecule has 19 N–H and O–H groups in total. The molecule has 34 heteroatoms. The zero-order valence-corrected chi connectivity index (χ0v) is 69.3. The first-order valence-electron chi connectivity index (χ1n) is 41.6. The number of phenols is 2. The number of unbranched alkanes of at least 4 members (excludes halogenated alkanes) is 5. The number of aliphatic hydroxyl groups excluding tert-OH is 6. The van der Waals surface area contributed by atoms with Crippen molar-refractivity contribution < 1.29 is 117 Å². The van der Waals surface area contributed by atoms with E-state index in [1.807, 2.05) is 0 Å². The summed E-state index contributed by atoms with van der Waals surface area (Å²) in [6, 6.07) is 6.13. The van der Waals surface area contributed by atoms with Crippen LogP contribution in [-0.2, 0) is 52.6 Å². The van der Waals surface area contributed by atoms with Gasteiger partial charge >= 0.3 is 6.09 Å². The number of primary amides is 1. The summed E-state index contributed by atoms with van der Waals surface area (Å²) >= 11 is 14.5. The van der Waals surface area contributed by atoms with Crippen LogP contribution in [0.5, 0.6) is 46.0 Å². The molecule has 11 aliphatic rings. The Morgan fingerprint density at radius 3 is 1.95 bits per heavy atom. The third-order valence-electron chi connectivity index (χ3n) is 25.0. The Balaban J connectivity index is 1.00. The van der Waals surface area contributed by atoms with Crippen molar-refractivity contribution in [1.29, 1.82) is 0 Å². The standard InChI is InChI=1S/C87H108Cl2N8O24/c1-6-7-8-9-10-11-18-93-86(114)116-49-32-53-69(58(100)33-49)52-25-42(12-15-57(52)99)51-35-60(102)70-47-29-64(117-62-16-13-43(26-54(62)88)74(105)72(96-83(112)56(90)19-38(2)3)59(101)28-48(31-67(91)104)81(110)94-70)78(121-85-79(77(108)76(107)66(37-98)119-85)120-68-36-87(5,92)80(109)39(4)115-68)65(30-47)118-63-17-14-44(27-55(63)89)75(106)73(97-82(51)111)84(113)95-71(53)61(103)34-50-45-21-40-20-41(23-45)24-46(50)22-40/h12-17,25-27,29-30,32-33,38-41,45-46,48,50-51,56,66,68,70-77,79-80,85,98-100,105-109H,6-11,18-24,28,31,34-37,90,92H2,1-5H3,(H2,91,104)(H,93,114)(H,94,110)(H,95,113)(H,96,112)(H,97,111)/t39?,40?,41?,45?,46?,48-,50?,51+,56+,66?,68?,70?,71-,72-,73+,74+,75+,76?,77?,79?,80?,85?,87?/m0/s1. The van der Waals surface area contributed by atoms with Gasteiger partial charge in [-0.1, -0.05) is 94.3 Å². The number of benzene rings is 5. The van der Waals surface area contributed by atoms with Crippen molar-refractivity contribution in [2.45, 2.75) is 247 Å². The molecule has 4 saturated carbocycles. The number of aliphatic hydroxyl groups is 6. The van der Waals surface area contributed by atoms with Crippen LogP contribution < -0.4 is 62.7 Å². The first kappa shape index (κ1) is 89.6. The largest absolute Gasteiger partial charge is 0.507 e. The van der Waals surface area contributed by atoms with E-state index in [0.29, 0.717) is 18.3 Å². The molecule has 0 radical (unpaired) electrons. The van der Waals surface area contributed by atoms with Crippen LogP contribution in [0.25, 0.3) is 11.1 Å². The molecule has 7 aliphatic heterocycles. The molecule has 6 fully saturated rings. The van der Waals surface area contributed by atoms with Crippen LogP contribution >= 0.6 is 23.2 Å². The number of halogens is 2. The highest BCUT2D eigenvalue weighted by atomic mass is 35.5. The summed E-state index contributed by atoms with van der Waals surface area (Å²) in [6.45, 7) is 7.99. The van der Waals surface area contributed by atoms with Gasteiger partial charge in [0.25, 0.3) is 0 Å². The minimum atomic E-state index is -2.20. The summed E-state index contributed by atoms with van der Waals surface area (Å²) in [5.41, 5.74) is 15.8. The lowest BCUT2D eigenvalue weighted by molar-refractivity contribution is -0.333. The fraction of sp³-hybridized carbons (Fsp3) is 0.552. The zero-order chi connectivity index (χ0) is 86.9. The monoisotopic (exact) mass is 1720 g/mol. The van der Waals surface area contributed by atoms with Gasteiger partial charge in [0.05, 0.1) is 46.7 Å². The second-order valence-corrected chi connectivity index (χ2v) is 35.4.